The molecule has 1 saturated carbocycles. The number of allylic oxidation sites excluding steroid dienone is 2. The molecule has 0 spiro atoms. The van der Waals surface area contributed by atoms with Crippen LogP contribution >= 0.6 is 0 Å². The summed E-state index contributed by atoms with van der Waals surface area (Å²) in [5.74, 6) is -0.331. The summed E-state index contributed by atoms with van der Waals surface area (Å²) in [5.41, 5.74) is 0. The van der Waals surface area contributed by atoms with Crippen LogP contribution in [0.2, 0.25) is 0 Å². The average Bonchev–Trinajstić information content (AvgIpc) is 2.55. The summed E-state index contributed by atoms with van der Waals surface area (Å²) < 4.78 is 12.3. The molecule has 22 heavy (non-hydrogen) atoms. The van der Waals surface area contributed by atoms with Crippen LogP contribution in [0.3, 0.4) is 0 Å². The second kappa shape index (κ2) is 12.9. The summed E-state index contributed by atoms with van der Waals surface area (Å²) in [6, 6.07) is 0. The summed E-state index contributed by atoms with van der Waals surface area (Å²) in [6.07, 6.45) is 22.0. The van der Waals surface area contributed by atoms with Crippen molar-refractivity contribution in [1.29, 1.82) is 0 Å². The predicted molar refractivity (Wildman–Crippen MR) is 95.1 cm³/mol. The van der Waals surface area contributed by atoms with Crippen molar-refractivity contribution in [3.05, 3.63) is 24.3 Å². The van der Waals surface area contributed by atoms with E-state index in [0.29, 0.717) is 13.2 Å². The Morgan fingerprint density at radius 3 is 1.68 bits per heavy atom. The van der Waals surface area contributed by atoms with Crippen molar-refractivity contribution in [1.82, 2.24) is 0 Å². The van der Waals surface area contributed by atoms with E-state index in [9.17, 15) is 0 Å². The number of hydrogen-bond donors (Lipinski definition) is 0. The van der Waals surface area contributed by atoms with Gasteiger partial charge in [0.15, 0.2) is 5.79 Å². The second-order valence-electron chi connectivity index (χ2n) is 6.32. The van der Waals surface area contributed by atoms with Crippen molar-refractivity contribution in [3.63, 3.8) is 0 Å². The highest BCUT2D eigenvalue weighted by atomic mass is 16.7. The zero-order valence-corrected chi connectivity index (χ0v) is 14.8. The summed E-state index contributed by atoms with van der Waals surface area (Å²) in [5, 5.41) is 0. The van der Waals surface area contributed by atoms with E-state index in [1.807, 2.05) is 0 Å². The molecular formula is C20H36O2. The summed E-state index contributed by atoms with van der Waals surface area (Å²) >= 11 is 0. The molecule has 1 aliphatic carbocycles. The molecule has 0 N–H and O–H groups in total. The number of unbranched alkanes of at least 4 members (excludes halogenated alkanes) is 4. The lowest BCUT2D eigenvalue weighted by atomic mass is 9.94. The molecular weight excluding hydrogens is 272 g/mol. The van der Waals surface area contributed by atoms with Gasteiger partial charge in [-0.25, -0.2) is 0 Å². The molecule has 0 aromatic carbocycles. The van der Waals surface area contributed by atoms with Crippen LogP contribution in [0, 0.1) is 0 Å². The van der Waals surface area contributed by atoms with Crippen LogP contribution < -0.4 is 0 Å². The van der Waals surface area contributed by atoms with Gasteiger partial charge in [-0.3, -0.25) is 0 Å². The van der Waals surface area contributed by atoms with E-state index in [1.165, 1.54) is 44.9 Å². The Bertz CT molecular complexity index is 277. The van der Waals surface area contributed by atoms with E-state index in [-0.39, 0.29) is 5.79 Å². The van der Waals surface area contributed by atoms with Gasteiger partial charge in [-0.2, -0.15) is 0 Å². The molecule has 0 aliphatic heterocycles. The van der Waals surface area contributed by atoms with E-state index in [4.69, 9.17) is 9.47 Å². The second-order valence-corrected chi connectivity index (χ2v) is 6.32. The van der Waals surface area contributed by atoms with E-state index < -0.39 is 0 Å². The molecule has 0 aromatic rings. The fraction of sp³-hybridized carbons (Fsp3) is 0.800. The third kappa shape index (κ3) is 8.75. The van der Waals surface area contributed by atoms with Crippen molar-refractivity contribution in [2.45, 2.75) is 90.3 Å². The molecule has 0 radical (unpaired) electrons. The normalized spacial score (nSPS) is 18.5. The summed E-state index contributed by atoms with van der Waals surface area (Å²) in [4.78, 5) is 0. The minimum absolute atomic E-state index is 0.331. The van der Waals surface area contributed by atoms with Gasteiger partial charge in [-0.1, -0.05) is 70.3 Å². The maximum atomic E-state index is 6.14. The Hall–Kier alpha value is -0.600. The maximum absolute atomic E-state index is 6.14. The van der Waals surface area contributed by atoms with Crippen LogP contribution in [0.15, 0.2) is 24.3 Å². The Balaban J connectivity index is 2.31. The minimum Gasteiger partial charge on any atom is -0.346 e. The van der Waals surface area contributed by atoms with Gasteiger partial charge in [0.05, 0.1) is 13.2 Å². The Morgan fingerprint density at radius 2 is 1.23 bits per heavy atom. The molecule has 0 heterocycles. The molecule has 2 heteroatoms. The SMILES string of the molecule is CCCC/C=C/COC1(OC/C=C/CCCC)CCCCC1. The van der Waals surface area contributed by atoms with Gasteiger partial charge in [0.25, 0.3) is 0 Å². The lowest BCUT2D eigenvalue weighted by Gasteiger charge is -2.36. The fourth-order valence-corrected chi connectivity index (χ4v) is 2.84. The first-order chi connectivity index (χ1) is 10.8. The highest BCUT2D eigenvalue weighted by Gasteiger charge is 2.33. The lowest BCUT2D eigenvalue weighted by Crippen LogP contribution is -2.38. The molecule has 0 aromatic heterocycles. The largest absolute Gasteiger partial charge is 0.346 e. The van der Waals surface area contributed by atoms with E-state index in [2.05, 4.69) is 38.2 Å². The van der Waals surface area contributed by atoms with Crippen molar-refractivity contribution in [2.75, 3.05) is 13.2 Å². The molecule has 0 saturated heterocycles. The zero-order chi connectivity index (χ0) is 15.9. The van der Waals surface area contributed by atoms with Gasteiger partial charge >= 0.3 is 0 Å². The third-order valence-electron chi connectivity index (χ3n) is 4.28. The number of hydrogen-bond acceptors (Lipinski definition) is 2. The predicted octanol–water partition coefficient (Wildman–Crippen LogP) is 6.17. The maximum Gasteiger partial charge on any atom is 0.169 e. The first-order valence-corrected chi connectivity index (χ1v) is 9.41. The third-order valence-corrected chi connectivity index (χ3v) is 4.28. The van der Waals surface area contributed by atoms with E-state index in [1.54, 1.807) is 0 Å². The minimum atomic E-state index is -0.331. The van der Waals surface area contributed by atoms with Gasteiger partial charge in [0.2, 0.25) is 0 Å². The molecule has 0 unspecified atom stereocenters. The summed E-state index contributed by atoms with van der Waals surface area (Å²) in [6.45, 7) is 5.82. The quantitative estimate of drug-likeness (QED) is 0.244. The molecule has 2 nitrogen and oxygen atoms in total. The molecule has 1 aliphatic rings. The van der Waals surface area contributed by atoms with Crippen LogP contribution in [0.4, 0.5) is 0 Å². The Kier molecular flexibility index (Phi) is 11.4. The van der Waals surface area contributed by atoms with Crippen molar-refractivity contribution < 1.29 is 9.47 Å². The Labute approximate surface area is 138 Å². The van der Waals surface area contributed by atoms with Gasteiger partial charge in [0, 0.05) is 12.8 Å². The van der Waals surface area contributed by atoms with Crippen LogP contribution in [-0.2, 0) is 9.47 Å². The summed E-state index contributed by atoms with van der Waals surface area (Å²) in [7, 11) is 0. The van der Waals surface area contributed by atoms with Gasteiger partial charge < -0.3 is 9.47 Å². The van der Waals surface area contributed by atoms with Crippen molar-refractivity contribution >= 4 is 0 Å². The standard InChI is InChI=1S/C20H36O2/c1-3-5-7-9-14-18-21-20(16-12-11-13-17-20)22-19-15-10-8-6-4-2/h9-10,14-15H,3-8,11-13,16-19H2,1-2H3/b14-9+,15-10+. The van der Waals surface area contributed by atoms with Crippen molar-refractivity contribution in [2.24, 2.45) is 0 Å². The van der Waals surface area contributed by atoms with E-state index in [0.717, 1.165) is 25.7 Å². The van der Waals surface area contributed by atoms with Crippen LogP contribution in [-0.4, -0.2) is 19.0 Å². The fourth-order valence-electron chi connectivity index (χ4n) is 2.84. The highest BCUT2D eigenvalue weighted by molar-refractivity contribution is 4.86. The monoisotopic (exact) mass is 308 g/mol. The molecule has 0 amide bonds. The first-order valence-electron chi connectivity index (χ1n) is 9.41. The van der Waals surface area contributed by atoms with Gasteiger partial charge in [-0.05, 0) is 25.7 Å². The molecule has 1 fully saturated rings. The van der Waals surface area contributed by atoms with Gasteiger partial charge in [-0.15, -0.1) is 0 Å². The zero-order valence-electron chi connectivity index (χ0n) is 14.8. The first kappa shape index (κ1) is 19.4. The smallest absolute Gasteiger partial charge is 0.169 e. The Morgan fingerprint density at radius 1 is 0.727 bits per heavy atom. The number of rotatable bonds is 12. The lowest BCUT2D eigenvalue weighted by molar-refractivity contribution is -0.241. The molecule has 0 atom stereocenters. The average molecular weight is 309 g/mol. The molecule has 0 bridgehead atoms. The molecule has 1 rings (SSSR count). The van der Waals surface area contributed by atoms with Crippen molar-refractivity contribution in [3.8, 4) is 0 Å². The highest BCUT2D eigenvalue weighted by Crippen LogP contribution is 2.32. The topological polar surface area (TPSA) is 18.5 Å². The number of ether oxygens (including phenoxy) is 2. The van der Waals surface area contributed by atoms with Crippen LogP contribution in [0.1, 0.15) is 84.5 Å². The molecule has 128 valence electrons. The van der Waals surface area contributed by atoms with E-state index >= 15 is 0 Å². The van der Waals surface area contributed by atoms with Gasteiger partial charge in [0.1, 0.15) is 0 Å². The van der Waals surface area contributed by atoms with Crippen LogP contribution in [0.25, 0.3) is 0 Å². The van der Waals surface area contributed by atoms with Crippen LogP contribution in [0.5, 0.6) is 0 Å².